The van der Waals surface area contributed by atoms with E-state index in [0.29, 0.717) is 11.7 Å². The molecule has 0 unspecified atom stereocenters. The Morgan fingerprint density at radius 3 is 3.17 bits per heavy atom. The molecule has 3 rings (SSSR count). The monoisotopic (exact) mass is 328 g/mol. The molecule has 23 heavy (non-hydrogen) atoms. The van der Waals surface area contributed by atoms with Gasteiger partial charge in [0.05, 0.1) is 16.8 Å². The number of nitriles is 1. The number of rotatable bonds is 5. The van der Waals surface area contributed by atoms with Gasteiger partial charge in [-0.1, -0.05) is 11.3 Å². The first-order valence-corrected chi connectivity index (χ1v) is 7.62. The number of carbonyl (C=O) groups is 1. The van der Waals surface area contributed by atoms with E-state index < -0.39 is 0 Å². The Morgan fingerprint density at radius 2 is 2.39 bits per heavy atom. The summed E-state index contributed by atoms with van der Waals surface area (Å²) in [6.45, 7) is 2.47. The number of hydrogen-bond donors (Lipinski definition) is 1. The number of nitrogens with one attached hydrogen (secondary N) is 1. The second kappa shape index (κ2) is 6.41. The van der Waals surface area contributed by atoms with Gasteiger partial charge in [-0.25, -0.2) is 4.98 Å². The SMILES string of the molecule is CCOc1ccc2nc(NC(=O)Cn3cnnc3C#N)sc2c1. The molecule has 1 aromatic carbocycles. The number of fused-ring (bicyclic) bond motifs is 1. The smallest absolute Gasteiger partial charge is 0.246 e. The van der Waals surface area contributed by atoms with Crippen LogP contribution in [-0.2, 0) is 11.3 Å². The fourth-order valence-electron chi connectivity index (χ4n) is 1.99. The molecule has 0 spiro atoms. The summed E-state index contributed by atoms with van der Waals surface area (Å²) in [6, 6.07) is 7.44. The van der Waals surface area contributed by atoms with E-state index in [9.17, 15) is 4.79 Å². The van der Waals surface area contributed by atoms with Gasteiger partial charge in [0.25, 0.3) is 0 Å². The van der Waals surface area contributed by atoms with Crippen LogP contribution < -0.4 is 10.1 Å². The summed E-state index contributed by atoms with van der Waals surface area (Å²) in [5, 5.41) is 19.3. The van der Waals surface area contributed by atoms with Crippen LogP contribution in [0.1, 0.15) is 12.7 Å². The Bertz CT molecular complexity index is 894. The third-order valence-corrected chi connectivity index (χ3v) is 3.88. The molecule has 0 saturated heterocycles. The molecule has 2 aromatic heterocycles. The van der Waals surface area contributed by atoms with Gasteiger partial charge in [-0.15, -0.1) is 10.2 Å². The van der Waals surface area contributed by atoms with Crippen LogP contribution in [0.3, 0.4) is 0 Å². The van der Waals surface area contributed by atoms with Crippen molar-refractivity contribution in [1.82, 2.24) is 19.7 Å². The molecule has 9 heteroatoms. The van der Waals surface area contributed by atoms with E-state index in [-0.39, 0.29) is 18.3 Å². The number of thiazole rings is 1. The van der Waals surface area contributed by atoms with Crippen molar-refractivity contribution in [2.24, 2.45) is 0 Å². The zero-order valence-corrected chi connectivity index (χ0v) is 13.0. The van der Waals surface area contributed by atoms with Crippen molar-refractivity contribution >= 4 is 32.6 Å². The molecule has 0 atom stereocenters. The molecule has 0 bridgehead atoms. The van der Waals surface area contributed by atoms with Gasteiger partial charge in [-0.05, 0) is 25.1 Å². The Morgan fingerprint density at radius 1 is 1.52 bits per heavy atom. The van der Waals surface area contributed by atoms with Crippen molar-refractivity contribution in [1.29, 1.82) is 5.26 Å². The van der Waals surface area contributed by atoms with Crippen molar-refractivity contribution in [3.05, 3.63) is 30.4 Å². The first kappa shape index (κ1) is 14.9. The van der Waals surface area contributed by atoms with Crippen LogP contribution in [0.2, 0.25) is 0 Å². The van der Waals surface area contributed by atoms with Gasteiger partial charge in [0, 0.05) is 0 Å². The van der Waals surface area contributed by atoms with Gasteiger partial charge in [-0.2, -0.15) is 5.26 Å². The molecule has 0 aliphatic carbocycles. The maximum atomic E-state index is 12.0. The Kier molecular flexibility index (Phi) is 4.16. The summed E-state index contributed by atoms with van der Waals surface area (Å²) in [4.78, 5) is 16.4. The fraction of sp³-hybridized carbons (Fsp3) is 0.214. The van der Waals surface area contributed by atoms with Crippen LogP contribution in [-0.4, -0.2) is 32.3 Å². The van der Waals surface area contributed by atoms with Crippen molar-refractivity contribution in [2.45, 2.75) is 13.5 Å². The summed E-state index contributed by atoms with van der Waals surface area (Å²) in [6.07, 6.45) is 1.34. The third-order valence-electron chi connectivity index (χ3n) is 2.95. The number of ether oxygens (including phenoxy) is 1. The van der Waals surface area contributed by atoms with E-state index in [2.05, 4.69) is 20.5 Å². The van der Waals surface area contributed by atoms with Crippen LogP contribution in [0.5, 0.6) is 5.75 Å². The normalized spacial score (nSPS) is 10.4. The lowest BCUT2D eigenvalue weighted by Crippen LogP contribution is -2.19. The fourth-order valence-corrected chi connectivity index (χ4v) is 2.90. The van der Waals surface area contributed by atoms with Gasteiger partial charge >= 0.3 is 0 Å². The maximum Gasteiger partial charge on any atom is 0.246 e. The second-order valence-electron chi connectivity index (χ2n) is 4.52. The minimum absolute atomic E-state index is 0.0456. The van der Waals surface area contributed by atoms with E-state index in [1.807, 2.05) is 31.2 Å². The number of aromatic nitrogens is 4. The molecular formula is C14H12N6O2S. The number of amides is 1. The summed E-state index contributed by atoms with van der Waals surface area (Å²) in [5.74, 6) is 0.556. The van der Waals surface area contributed by atoms with E-state index in [4.69, 9.17) is 10.00 Å². The molecule has 2 heterocycles. The summed E-state index contributed by atoms with van der Waals surface area (Å²) >= 11 is 1.36. The van der Waals surface area contributed by atoms with Crippen molar-refractivity contribution in [3.63, 3.8) is 0 Å². The maximum absolute atomic E-state index is 12.0. The highest BCUT2D eigenvalue weighted by molar-refractivity contribution is 7.22. The number of carbonyl (C=O) groups excluding carboxylic acids is 1. The van der Waals surface area contributed by atoms with E-state index >= 15 is 0 Å². The van der Waals surface area contributed by atoms with Crippen molar-refractivity contribution < 1.29 is 9.53 Å². The molecule has 0 aliphatic rings. The lowest BCUT2D eigenvalue weighted by Gasteiger charge is -2.02. The first-order valence-electron chi connectivity index (χ1n) is 6.80. The average Bonchev–Trinajstić information content (AvgIpc) is 3.12. The first-order chi connectivity index (χ1) is 11.2. The molecule has 116 valence electrons. The lowest BCUT2D eigenvalue weighted by molar-refractivity contribution is -0.116. The summed E-state index contributed by atoms with van der Waals surface area (Å²) in [7, 11) is 0. The van der Waals surface area contributed by atoms with Gasteiger partial charge in [-0.3, -0.25) is 9.36 Å². The summed E-state index contributed by atoms with van der Waals surface area (Å²) in [5.41, 5.74) is 0.788. The number of anilines is 1. The molecule has 0 saturated carbocycles. The average molecular weight is 328 g/mol. The van der Waals surface area contributed by atoms with Gasteiger partial charge < -0.3 is 10.1 Å². The molecule has 1 amide bonds. The standard InChI is InChI=1S/C14H12N6O2S/c1-2-22-9-3-4-10-11(5-9)23-14(17-10)18-13(21)7-20-8-16-19-12(20)6-15/h3-5,8H,2,7H2,1H3,(H,17,18,21). The Labute approximate surface area is 135 Å². The third kappa shape index (κ3) is 3.27. The van der Waals surface area contributed by atoms with E-state index in [1.165, 1.54) is 22.2 Å². The molecule has 0 radical (unpaired) electrons. The van der Waals surface area contributed by atoms with E-state index in [0.717, 1.165) is 16.0 Å². The Balaban J connectivity index is 1.73. The van der Waals surface area contributed by atoms with Crippen molar-refractivity contribution in [2.75, 3.05) is 11.9 Å². The molecular weight excluding hydrogens is 316 g/mol. The molecule has 3 aromatic rings. The van der Waals surface area contributed by atoms with Crippen molar-refractivity contribution in [3.8, 4) is 11.8 Å². The zero-order chi connectivity index (χ0) is 16.2. The van der Waals surface area contributed by atoms with Gasteiger partial charge in [0.15, 0.2) is 5.13 Å². The molecule has 0 fully saturated rings. The number of benzene rings is 1. The number of hydrogen-bond acceptors (Lipinski definition) is 7. The van der Waals surface area contributed by atoms with E-state index in [1.54, 1.807) is 0 Å². The van der Waals surface area contributed by atoms with Gasteiger partial charge in [0.1, 0.15) is 24.7 Å². The molecule has 8 nitrogen and oxygen atoms in total. The van der Waals surface area contributed by atoms with Crippen LogP contribution >= 0.6 is 11.3 Å². The molecule has 0 aliphatic heterocycles. The largest absolute Gasteiger partial charge is 0.494 e. The Hall–Kier alpha value is -2.99. The highest BCUT2D eigenvalue weighted by Crippen LogP contribution is 2.29. The topological polar surface area (TPSA) is 106 Å². The predicted molar refractivity (Wildman–Crippen MR) is 84.2 cm³/mol. The van der Waals surface area contributed by atoms with Crippen LogP contribution in [0.4, 0.5) is 5.13 Å². The molecule has 1 N–H and O–H groups in total. The van der Waals surface area contributed by atoms with Crippen LogP contribution in [0.25, 0.3) is 10.2 Å². The minimum atomic E-state index is -0.301. The predicted octanol–water partition coefficient (Wildman–Crippen LogP) is 1.80. The zero-order valence-electron chi connectivity index (χ0n) is 12.2. The quantitative estimate of drug-likeness (QED) is 0.765. The highest BCUT2D eigenvalue weighted by Gasteiger charge is 2.11. The van der Waals surface area contributed by atoms with Crippen LogP contribution in [0.15, 0.2) is 24.5 Å². The van der Waals surface area contributed by atoms with Gasteiger partial charge in [0.2, 0.25) is 11.7 Å². The number of nitrogens with zero attached hydrogens (tertiary/aromatic N) is 5. The van der Waals surface area contributed by atoms with Crippen LogP contribution in [0, 0.1) is 11.3 Å². The summed E-state index contributed by atoms with van der Waals surface area (Å²) < 4.78 is 7.74. The second-order valence-corrected chi connectivity index (χ2v) is 5.55. The highest BCUT2D eigenvalue weighted by atomic mass is 32.1. The minimum Gasteiger partial charge on any atom is -0.494 e. The lowest BCUT2D eigenvalue weighted by atomic mass is 10.3.